The lowest BCUT2D eigenvalue weighted by molar-refractivity contribution is -0.116. The molecule has 0 radical (unpaired) electrons. The van der Waals surface area contributed by atoms with E-state index in [-0.39, 0.29) is 17.9 Å². The third kappa shape index (κ3) is 4.19. The minimum Gasteiger partial charge on any atom is -0.368 e. The summed E-state index contributed by atoms with van der Waals surface area (Å²) in [6.07, 6.45) is 4.65. The number of hydrogen-bond acceptors (Lipinski definition) is 3. The quantitative estimate of drug-likeness (QED) is 0.806. The second kappa shape index (κ2) is 8.05. The van der Waals surface area contributed by atoms with E-state index in [4.69, 9.17) is 0 Å². The first-order chi connectivity index (χ1) is 13.6. The summed E-state index contributed by atoms with van der Waals surface area (Å²) in [5.74, 6) is -0.182. The van der Waals surface area contributed by atoms with Crippen LogP contribution in [0, 0.1) is 0 Å². The number of nitrogens with zero attached hydrogens (tertiary/aromatic N) is 1. The van der Waals surface area contributed by atoms with Gasteiger partial charge in [-0.15, -0.1) is 0 Å². The van der Waals surface area contributed by atoms with Crippen LogP contribution in [0.1, 0.15) is 48.5 Å². The molecule has 0 saturated heterocycles. The van der Waals surface area contributed by atoms with Crippen molar-refractivity contribution in [1.29, 1.82) is 0 Å². The Bertz CT molecular complexity index is 876. The lowest BCUT2D eigenvalue weighted by atomic mass is 9.96. The van der Waals surface area contributed by atoms with Gasteiger partial charge >= 0.3 is 0 Å². The lowest BCUT2D eigenvalue weighted by Gasteiger charge is -2.37. The van der Waals surface area contributed by atoms with Gasteiger partial charge in [0.15, 0.2) is 0 Å². The second-order valence-electron chi connectivity index (χ2n) is 7.80. The number of amides is 2. The number of carbonyl (C=O) groups is 2. The molecule has 2 aromatic rings. The molecular formula is C23H27N3O2. The molecule has 2 amide bonds. The molecular weight excluding hydrogens is 350 g/mol. The number of fused-ring (bicyclic) bond motifs is 1. The van der Waals surface area contributed by atoms with Crippen LogP contribution >= 0.6 is 0 Å². The van der Waals surface area contributed by atoms with E-state index in [1.54, 1.807) is 12.1 Å². The standard InChI is InChI=1S/C23H27N3O2/c1-16-10-11-17-6-2-5-9-21(17)26(16)15-14-22(27)25-20-8-4-3-7-19(20)23(28)24-18-12-13-18/h2-9,16,18H,10-15H2,1H3,(H,24,28)(H,25,27). The fraction of sp³-hybridized carbons (Fsp3) is 0.391. The zero-order valence-corrected chi connectivity index (χ0v) is 16.3. The molecule has 4 rings (SSSR count). The highest BCUT2D eigenvalue weighted by atomic mass is 16.2. The van der Waals surface area contributed by atoms with Crippen LogP contribution in [0.4, 0.5) is 11.4 Å². The van der Waals surface area contributed by atoms with Gasteiger partial charge in [0.25, 0.3) is 5.91 Å². The Hall–Kier alpha value is -2.82. The van der Waals surface area contributed by atoms with Gasteiger partial charge in [-0.05, 0) is 56.4 Å². The summed E-state index contributed by atoms with van der Waals surface area (Å²) in [7, 11) is 0. The van der Waals surface area contributed by atoms with Gasteiger partial charge in [0.05, 0.1) is 11.3 Å². The van der Waals surface area contributed by atoms with Crippen molar-refractivity contribution in [3.05, 3.63) is 59.7 Å². The Morgan fingerprint density at radius 1 is 1.04 bits per heavy atom. The maximum Gasteiger partial charge on any atom is 0.253 e. The number of rotatable bonds is 6. The third-order valence-electron chi connectivity index (χ3n) is 5.60. The van der Waals surface area contributed by atoms with E-state index >= 15 is 0 Å². The SMILES string of the molecule is CC1CCc2ccccc2N1CCC(=O)Nc1ccccc1C(=O)NC1CC1. The van der Waals surface area contributed by atoms with Gasteiger partial charge in [0, 0.05) is 30.7 Å². The molecule has 28 heavy (non-hydrogen) atoms. The molecule has 1 heterocycles. The number of anilines is 2. The van der Waals surface area contributed by atoms with Crippen molar-refractivity contribution < 1.29 is 9.59 Å². The molecule has 2 aromatic carbocycles. The van der Waals surface area contributed by atoms with E-state index in [2.05, 4.69) is 46.7 Å². The van der Waals surface area contributed by atoms with E-state index in [9.17, 15) is 9.59 Å². The summed E-state index contributed by atoms with van der Waals surface area (Å²) in [6, 6.07) is 16.4. The third-order valence-corrected chi connectivity index (χ3v) is 5.60. The van der Waals surface area contributed by atoms with Gasteiger partial charge in [0.1, 0.15) is 0 Å². The Morgan fingerprint density at radius 3 is 2.61 bits per heavy atom. The molecule has 5 heteroatoms. The molecule has 2 aliphatic rings. The predicted octanol–water partition coefficient (Wildman–Crippen LogP) is 3.75. The topological polar surface area (TPSA) is 61.4 Å². The summed E-state index contributed by atoms with van der Waals surface area (Å²) in [6.45, 7) is 2.88. The molecule has 5 nitrogen and oxygen atoms in total. The van der Waals surface area contributed by atoms with Gasteiger partial charge < -0.3 is 15.5 Å². The van der Waals surface area contributed by atoms with Crippen LogP contribution in [0.3, 0.4) is 0 Å². The van der Waals surface area contributed by atoms with Gasteiger partial charge in [-0.1, -0.05) is 30.3 Å². The highest BCUT2D eigenvalue weighted by Gasteiger charge is 2.25. The van der Waals surface area contributed by atoms with Gasteiger partial charge in [-0.2, -0.15) is 0 Å². The molecule has 146 valence electrons. The largest absolute Gasteiger partial charge is 0.368 e. The smallest absolute Gasteiger partial charge is 0.253 e. The summed E-state index contributed by atoms with van der Waals surface area (Å²) < 4.78 is 0. The summed E-state index contributed by atoms with van der Waals surface area (Å²) in [5, 5.41) is 5.92. The van der Waals surface area contributed by atoms with E-state index in [0.717, 1.165) is 25.7 Å². The lowest BCUT2D eigenvalue weighted by Crippen LogP contribution is -2.39. The van der Waals surface area contributed by atoms with Crippen molar-refractivity contribution >= 4 is 23.2 Å². The fourth-order valence-corrected chi connectivity index (χ4v) is 3.82. The molecule has 1 aliphatic heterocycles. The monoisotopic (exact) mass is 377 g/mol. The van der Waals surface area contributed by atoms with E-state index in [1.165, 1.54) is 11.3 Å². The molecule has 0 bridgehead atoms. The molecule has 1 atom stereocenters. The van der Waals surface area contributed by atoms with Gasteiger partial charge in [0.2, 0.25) is 5.91 Å². The van der Waals surface area contributed by atoms with E-state index in [1.807, 2.05) is 12.1 Å². The number of nitrogens with one attached hydrogen (secondary N) is 2. The predicted molar refractivity (Wildman–Crippen MR) is 112 cm³/mol. The molecule has 2 N–H and O–H groups in total. The van der Waals surface area contributed by atoms with E-state index in [0.29, 0.717) is 30.3 Å². The van der Waals surface area contributed by atoms with Crippen molar-refractivity contribution in [3.63, 3.8) is 0 Å². The first-order valence-corrected chi connectivity index (χ1v) is 10.2. The number of carbonyl (C=O) groups excluding carboxylic acids is 2. The summed E-state index contributed by atoms with van der Waals surface area (Å²) in [4.78, 5) is 27.3. The maximum atomic E-state index is 12.6. The molecule has 1 aliphatic carbocycles. The Labute approximate surface area is 166 Å². The van der Waals surface area contributed by atoms with Crippen molar-refractivity contribution in [2.75, 3.05) is 16.8 Å². The number of aryl methyl sites for hydroxylation is 1. The minimum absolute atomic E-state index is 0.0677. The van der Waals surface area contributed by atoms with Crippen LogP contribution in [-0.2, 0) is 11.2 Å². The van der Waals surface area contributed by atoms with Gasteiger partial charge in [-0.25, -0.2) is 0 Å². The first-order valence-electron chi connectivity index (χ1n) is 10.2. The van der Waals surface area contributed by atoms with Crippen molar-refractivity contribution in [3.8, 4) is 0 Å². The molecule has 0 aromatic heterocycles. The Balaban J connectivity index is 1.40. The Morgan fingerprint density at radius 2 is 1.79 bits per heavy atom. The highest BCUT2D eigenvalue weighted by Crippen LogP contribution is 2.30. The van der Waals surface area contributed by atoms with Crippen LogP contribution in [-0.4, -0.2) is 30.4 Å². The van der Waals surface area contributed by atoms with Crippen LogP contribution in [0.2, 0.25) is 0 Å². The summed E-state index contributed by atoms with van der Waals surface area (Å²) >= 11 is 0. The maximum absolute atomic E-state index is 12.6. The fourth-order valence-electron chi connectivity index (χ4n) is 3.82. The zero-order valence-electron chi connectivity index (χ0n) is 16.3. The van der Waals surface area contributed by atoms with Crippen LogP contribution < -0.4 is 15.5 Å². The van der Waals surface area contributed by atoms with Crippen molar-refractivity contribution in [2.45, 2.75) is 51.1 Å². The number of hydrogen-bond donors (Lipinski definition) is 2. The van der Waals surface area contributed by atoms with Crippen LogP contribution in [0.15, 0.2) is 48.5 Å². The molecule has 1 saturated carbocycles. The summed E-state index contributed by atoms with van der Waals surface area (Å²) in [5.41, 5.74) is 3.69. The second-order valence-corrected chi connectivity index (χ2v) is 7.80. The number of benzene rings is 2. The minimum atomic E-state index is -0.114. The zero-order chi connectivity index (χ0) is 19.5. The van der Waals surface area contributed by atoms with Gasteiger partial charge in [-0.3, -0.25) is 9.59 Å². The molecule has 1 unspecified atom stereocenters. The van der Waals surface area contributed by atoms with Crippen molar-refractivity contribution in [1.82, 2.24) is 5.32 Å². The first kappa shape index (κ1) is 18.5. The molecule has 1 fully saturated rings. The van der Waals surface area contributed by atoms with Crippen LogP contribution in [0.25, 0.3) is 0 Å². The Kier molecular flexibility index (Phi) is 5.33. The van der Waals surface area contributed by atoms with Crippen molar-refractivity contribution in [2.24, 2.45) is 0 Å². The normalized spacial score (nSPS) is 18.3. The average molecular weight is 377 g/mol. The highest BCUT2D eigenvalue weighted by molar-refractivity contribution is 6.04. The van der Waals surface area contributed by atoms with Crippen LogP contribution in [0.5, 0.6) is 0 Å². The average Bonchev–Trinajstić information content (AvgIpc) is 3.51. The van der Waals surface area contributed by atoms with E-state index < -0.39 is 0 Å². The molecule has 0 spiro atoms. The number of para-hydroxylation sites is 2.